The molecule has 1 aromatic rings. The van der Waals surface area contributed by atoms with Crippen LogP contribution < -0.4 is 10.1 Å². The van der Waals surface area contributed by atoms with Crippen molar-refractivity contribution in [3.05, 3.63) is 35.9 Å². The molecule has 0 aliphatic carbocycles. The average Bonchev–Trinajstić information content (AvgIpc) is 2.32. The molecule has 0 radical (unpaired) electrons. The third kappa shape index (κ3) is 9.30. The summed E-state index contributed by atoms with van der Waals surface area (Å²) >= 11 is 0. The first kappa shape index (κ1) is 17.8. The van der Waals surface area contributed by atoms with Crippen LogP contribution in [0.5, 0.6) is 5.75 Å². The number of nitrogens with one attached hydrogen (secondary N) is 1. The van der Waals surface area contributed by atoms with Crippen LogP contribution in [0.15, 0.2) is 30.3 Å². The van der Waals surface area contributed by atoms with Gasteiger partial charge in [0.25, 0.3) is 0 Å². The van der Waals surface area contributed by atoms with Crippen LogP contribution >= 0.6 is 0 Å². The van der Waals surface area contributed by atoms with E-state index in [1.165, 1.54) is 5.56 Å². The molecule has 118 valence electrons. The van der Waals surface area contributed by atoms with E-state index in [4.69, 9.17) is 4.74 Å². The lowest BCUT2D eigenvalue weighted by Gasteiger charge is -2.20. The molecule has 0 aliphatic heterocycles. The number of ether oxygens (including phenoxy) is 1. The maximum Gasteiger partial charge on any atom is 0.119 e. The summed E-state index contributed by atoms with van der Waals surface area (Å²) in [6.45, 7) is 14.8. The molecule has 0 amide bonds. The van der Waals surface area contributed by atoms with E-state index in [9.17, 15) is 0 Å². The van der Waals surface area contributed by atoms with E-state index in [1.807, 2.05) is 12.1 Å². The van der Waals surface area contributed by atoms with E-state index in [2.05, 4.69) is 71.1 Å². The van der Waals surface area contributed by atoms with Crippen molar-refractivity contribution in [2.45, 2.75) is 53.5 Å². The monoisotopic (exact) mass is 289 g/mol. The molecule has 21 heavy (non-hydrogen) atoms. The summed E-state index contributed by atoms with van der Waals surface area (Å²) in [7, 11) is 0. The molecule has 0 unspecified atom stereocenters. The molecule has 0 fully saturated rings. The summed E-state index contributed by atoms with van der Waals surface area (Å²) < 4.78 is 5.79. The molecule has 0 spiro atoms. The molecular formula is C19H31NO. The minimum atomic E-state index is 0.140. The Morgan fingerprint density at radius 1 is 1.10 bits per heavy atom. The minimum absolute atomic E-state index is 0.140. The molecule has 0 aromatic heterocycles. The van der Waals surface area contributed by atoms with E-state index in [0.717, 1.165) is 18.7 Å². The van der Waals surface area contributed by atoms with Crippen LogP contribution in [0, 0.1) is 5.41 Å². The van der Waals surface area contributed by atoms with Gasteiger partial charge in [-0.05, 0) is 50.3 Å². The van der Waals surface area contributed by atoms with Crippen LogP contribution in [0.1, 0.15) is 53.5 Å². The Kier molecular flexibility index (Phi) is 6.47. The Morgan fingerprint density at radius 2 is 1.81 bits per heavy atom. The fourth-order valence-corrected chi connectivity index (χ4v) is 1.85. The molecule has 1 N–H and O–H groups in total. The predicted molar refractivity (Wildman–Crippen MR) is 92.8 cm³/mol. The van der Waals surface area contributed by atoms with Gasteiger partial charge in [0.1, 0.15) is 12.4 Å². The van der Waals surface area contributed by atoms with Gasteiger partial charge in [0.2, 0.25) is 0 Å². The number of allylic oxidation sites excluding steroid dienone is 1. The highest BCUT2D eigenvalue weighted by Gasteiger charge is 2.08. The first-order chi connectivity index (χ1) is 9.66. The Hall–Kier alpha value is -1.28. The smallest absolute Gasteiger partial charge is 0.119 e. The second kappa shape index (κ2) is 7.65. The van der Waals surface area contributed by atoms with E-state index in [-0.39, 0.29) is 5.54 Å². The maximum absolute atomic E-state index is 5.79. The van der Waals surface area contributed by atoms with Crippen molar-refractivity contribution in [3.8, 4) is 5.75 Å². The Balaban J connectivity index is 2.45. The lowest BCUT2D eigenvalue weighted by atomic mass is 9.92. The molecule has 0 bridgehead atoms. The summed E-state index contributed by atoms with van der Waals surface area (Å²) in [4.78, 5) is 0. The standard InChI is InChI=1S/C19H31NO/c1-18(2,3)12-8-10-16-9-7-11-17(15-16)21-14-13-20-19(4,5)6/h7-11,15,20H,12-14H2,1-6H3/b10-8+. The zero-order chi connectivity index (χ0) is 15.9. The van der Waals surface area contributed by atoms with Crippen molar-refractivity contribution in [2.24, 2.45) is 5.41 Å². The second-order valence-electron chi connectivity index (χ2n) is 7.76. The van der Waals surface area contributed by atoms with Crippen LogP contribution in [-0.2, 0) is 0 Å². The molecule has 0 heterocycles. The van der Waals surface area contributed by atoms with Crippen LogP contribution in [0.25, 0.3) is 6.08 Å². The number of benzene rings is 1. The summed E-state index contributed by atoms with van der Waals surface area (Å²) in [5.41, 5.74) is 1.67. The van der Waals surface area contributed by atoms with E-state index in [1.54, 1.807) is 0 Å². The molecule has 0 aliphatic rings. The van der Waals surface area contributed by atoms with Crippen molar-refractivity contribution < 1.29 is 4.74 Å². The predicted octanol–water partition coefficient (Wildman–Crippen LogP) is 4.90. The van der Waals surface area contributed by atoms with Crippen molar-refractivity contribution in [2.75, 3.05) is 13.2 Å². The van der Waals surface area contributed by atoms with Gasteiger partial charge < -0.3 is 10.1 Å². The Bertz CT molecular complexity index is 449. The van der Waals surface area contributed by atoms with Crippen molar-refractivity contribution in [1.29, 1.82) is 0 Å². The van der Waals surface area contributed by atoms with Crippen LogP contribution in [0.3, 0.4) is 0 Å². The third-order valence-electron chi connectivity index (χ3n) is 2.92. The average molecular weight is 289 g/mol. The van der Waals surface area contributed by atoms with Crippen LogP contribution in [0.4, 0.5) is 0 Å². The van der Waals surface area contributed by atoms with Gasteiger partial charge in [-0.1, -0.05) is 45.1 Å². The van der Waals surface area contributed by atoms with Gasteiger partial charge >= 0.3 is 0 Å². The van der Waals surface area contributed by atoms with Crippen LogP contribution in [-0.4, -0.2) is 18.7 Å². The summed E-state index contributed by atoms with van der Waals surface area (Å²) in [5.74, 6) is 0.934. The SMILES string of the molecule is CC(C)(C)C/C=C/c1cccc(OCCNC(C)(C)C)c1. The first-order valence-corrected chi connectivity index (χ1v) is 7.80. The van der Waals surface area contributed by atoms with Gasteiger partial charge in [-0.15, -0.1) is 0 Å². The van der Waals surface area contributed by atoms with E-state index in [0.29, 0.717) is 12.0 Å². The van der Waals surface area contributed by atoms with Crippen molar-refractivity contribution in [3.63, 3.8) is 0 Å². The zero-order valence-corrected chi connectivity index (χ0v) is 14.5. The Morgan fingerprint density at radius 3 is 2.43 bits per heavy atom. The minimum Gasteiger partial charge on any atom is -0.492 e. The number of hydrogen-bond donors (Lipinski definition) is 1. The van der Waals surface area contributed by atoms with Crippen LogP contribution in [0.2, 0.25) is 0 Å². The molecule has 1 aromatic carbocycles. The summed E-state index contributed by atoms with van der Waals surface area (Å²) in [6, 6.07) is 8.26. The molecular weight excluding hydrogens is 258 g/mol. The summed E-state index contributed by atoms with van der Waals surface area (Å²) in [6.07, 6.45) is 5.49. The molecule has 2 heteroatoms. The topological polar surface area (TPSA) is 21.3 Å². The highest BCUT2D eigenvalue weighted by Crippen LogP contribution is 2.20. The molecule has 0 atom stereocenters. The van der Waals surface area contributed by atoms with Gasteiger partial charge in [-0.25, -0.2) is 0 Å². The molecule has 0 saturated carbocycles. The Labute approximate surface area is 130 Å². The highest BCUT2D eigenvalue weighted by molar-refractivity contribution is 5.51. The zero-order valence-electron chi connectivity index (χ0n) is 14.5. The number of hydrogen-bond acceptors (Lipinski definition) is 2. The lowest BCUT2D eigenvalue weighted by molar-refractivity contribution is 0.291. The fraction of sp³-hybridized carbons (Fsp3) is 0.579. The number of rotatable bonds is 6. The van der Waals surface area contributed by atoms with E-state index < -0.39 is 0 Å². The highest BCUT2D eigenvalue weighted by atomic mass is 16.5. The van der Waals surface area contributed by atoms with E-state index >= 15 is 0 Å². The molecule has 0 saturated heterocycles. The second-order valence-corrected chi connectivity index (χ2v) is 7.76. The van der Waals surface area contributed by atoms with Crippen molar-refractivity contribution in [1.82, 2.24) is 5.32 Å². The molecule has 1 rings (SSSR count). The van der Waals surface area contributed by atoms with Gasteiger partial charge in [-0.3, -0.25) is 0 Å². The van der Waals surface area contributed by atoms with Gasteiger partial charge in [-0.2, -0.15) is 0 Å². The third-order valence-corrected chi connectivity index (χ3v) is 2.92. The van der Waals surface area contributed by atoms with Crippen molar-refractivity contribution >= 4 is 6.08 Å². The fourth-order valence-electron chi connectivity index (χ4n) is 1.85. The van der Waals surface area contributed by atoms with Gasteiger partial charge in [0.15, 0.2) is 0 Å². The first-order valence-electron chi connectivity index (χ1n) is 7.80. The normalized spacial score (nSPS) is 12.9. The van der Waals surface area contributed by atoms with Gasteiger partial charge in [0, 0.05) is 12.1 Å². The molecule has 2 nitrogen and oxygen atoms in total. The van der Waals surface area contributed by atoms with Gasteiger partial charge in [0.05, 0.1) is 0 Å². The largest absolute Gasteiger partial charge is 0.492 e. The quantitative estimate of drug-likeness (QED) is 0.752. The summed E-state index contributed by atoms with van der Waals surface area (Å²) in [5, 5.41) is 3.42. The lowest BCUT2D eigenvalue weighted by Crippen LogP contribution is -2.38. The maximum atomic E-state index is 5.79.